The Hall–Kier alpha value is -0.910. The summed E-state index contributed by atoms with van der Waals surface area (Å²) in [6, 6.07) is 4.41. The summed E-state index contributed by atoms with van der Waals surface area (Å²) in [6.07, 6.45) is 0. The van der Waals surface area contributed by atoms with Gasteiger partial charge in [0.25, 0.3) is 10.1 Å². The molecule has 0 amide bonds. The largest absolute Gasteiger partial charge is 0.294 e. The van der Waals surface area contributed by atoms with Crippen molar-refractivity contribution in [2.75, 3.05) is 0 Å². The summed E-state index contributed by atoms with van der Waals surface area (Å²) in [5, 5.41) is 0. The van der Waals surface area contributed by atoms with Gasteiger partial charge in [-0.1, -0.05) is 12.1 Å². The molecule has 0 aliphatic carbocycles. The van der Waals surface area contributed by atoms with Gasteiger partial charge in [0, 0.05) is 6.54 Å². The Labute approximate surface area is 77.1 Å². The van der Waals surface area contributed by atoms with E-state index in [1.807, 2.05) is 0 Å². The molecule has 0 fully saturated rings. The van der Waals surface area contributed by atoms with Gasteiger partial charge in [-0.05, 0) is 24.1 Å². The van der Waals surface area contributed by atoms with Gasteiger partial charge < -0.3 is 0 Å². The molecule has 0 heterocycles. The molecule has 0 atom stereocenters. The third-order valence-corrected chi connectivity index (χ3v) is 2.74. The second-order valence-corrected chi connectivity index (χ2v) is 4.14. The number of hydrogen-bond acceptors (Lipinski definition) is 2. The smallest absolute Gasteiger partial charge is 0.282 e. The third kappa shape index (κ3) is 2.27. The minimum Gasteiger partial charge on any atom is -0.282 e. The number of nitrogens with one attached hydrogen (secondary N) is 1. The van der Waals surface area contributed by atoms with E-state index < -0.39 is 10.1 Å². The van der Waals surface area contributed by atoms with Crippen molar-refractivity contribution in [3.63, 3.8) is 0 Å². The van der Waals surface area contributed by atoms with Gasteiger partial charge in [-0.2, -0.15) is 8.42 Å². The highest BCUT2D eigenvalue weighted by Gasteiger charge is 2.12. The Morgan fingerprint density at radius 2 is 2.08 bits per heavy atom. The molecule has 0 bridgehead atoms. The fourth-order valence-corrected chi connectivity index (χ4v) is 1.82. The second kappa shape index (κ2) is 3.45. The average Bonchev–Trinajstić information content (AvgIpc) is 2.01. The first kappa shape index (κ1) is 10.2. The number of rotatable bonds is 2. The van der Waals surface area contributed by atoms with E-state index >= 15 is 0 Å². The topological polar surface area (TPSA) is 78.2 Å². The van der Waals surface area contributed by atoms with Gasteiger partial charge in [-0.15, -0.1) is 0 Å². The molecule has 1 aromatic carbocycles. The summed E-state index contributed by atoms with van der Waals surface area (Å²) in [5.41, 5.74) is 8.25. The van der Waals surface area contributed by atoms with Crippen LogP contribution in [0.15, 0.2) is 23.1 Å². The zero-order valence-electron chi connectivity index (χ0n) is 7.11. The van der Waals surface area contributed by atoms with Crippen LogP contribution in [0.2, 0.25) is 0 Å². The SMILES string of the molecule is Cc1cc(C[NH])ccc1S(=O)(=O)O. The minimum absolute atomic E-state index is 0.0929. The van der Waals surface area contributed by atoms with Crippen molar-refractivity contribution < 1.29 is 13.0 Å². The zero-order chi connectivity index (χ0) is 10.1. The molecule has 2 N–H and O–H groups in total. The van der Waals surface area contributed by atoms with Crippen LogP contribution in [0.3, 0.4) is 0 Å². The van der Waals surface area contributed by atoms with Crippen LogP contribution in [-0.2, 0) is 16.7 Å². The Morgan fingerprint density at radius 3 is 2.46 bits per heavy atom. The molecular formula is C8H10NO3S. The van der Waals surface area contributed by atoms with Crippen molar-refractivity contribution in [3.8, 4) is 0 Å². The lowest BCUT2D eigenvalue weighted by atomic mass is 10.1. The first-order valence-corrected chi connectivity index (χ1v) is 5.11. The van der Waals surface area contributed by atoms with Crippen molar-refractivity contribution in [3.05, 3.63) is 29.3 Å². The molecule has 71 valence electrons. The third-order valence-electron chi connectivity index (χ3n) is 1.72. The molecule has 0 saturated carbocycles. The van der Waals surface area contributed by atoms with E-state index in [0.717, 1.165) is 5.56 Å². The summed E-state index contributed by atoms with van der Waals surface area (Å²) in [5.74, 6) is 0. The summed E-state index contributed by atoms with van der Waals surface area (Å²) >= 11 is 0. The normalized spacial score (nSPS) is 11.6. The highest BCUT2D eigenvalue weighted by atomic mass is 32.2. The molecule has 0 aliphatic rings. The molecule has 0 saturated heterocycles. The minimum atomic E-state index is -4.12. The van der Waals surface area contributed by atoms with Gasteiger partial charge in [0.15, 0.2) is 0 Å². The van der Waals surface area contributed by atoms with Crippen molar-refractivity contribution in [2.24, 2.45) is 0 Å². The lowest BCUT2D eigenvalue weighted by molar-refractivity contribution is 0.482. The van der Waals surface area contributed by atoms with Crippen LogP contribution in [0.5, 0.6) is 0 Å². The van der Waals surface area contributed by atoms with E-state index in [-0.39, 0.29) is 11.4 Å². The zero-order valence-corrected chi connectivity index (χ0v) is 7.93. The van der Waals surface area contributed by atoms with Gasteiger partial charge >= 0.3 is 0 Å². The van der Waals surface area contributed by atoms with Crippen LogP contribution < -0.4 is 5.73 Å². The maximum atomic E-state index is 10.8. The monoisotopic (exact) mass is 200 g/mol. The molecule has 1 aromatic rings. The highest BCUT2D eigenvalue weighted by Crippen LogP contribution is 2.15. The molecule has 0 aliphatic heterocycles. The molecule has 0 aromatic heterocycles. The maximum absolute atomic E-state index is 10.8. The number of aryl methyl sites for hydroxylation is 1. The van der Waals surface area contributed by atoms with Crippen LogP contribution in [0.1, 0.15) is 11.1 Å². The first-order chi connectivity index (χ1) is 5.95. The predicted octanol–water partition coefficient (Wildman–Crippen LogP) is 1.02. The highest BCUT2D eigenvalue weighted by molar-refractivity contribution is 7.85. The van der Waals surface area contributed by atoms with Crippen molar-refractivity contribution in [1.29, 1.82) is 0 Å². The van der Waals surface area contributed by atoms with E-state index in [9.17, 15) is 8.42 Å². The van der Waals surface area contributed by atoms with Gasteiger partial charge in [0.1, 0.15) is 0 Å². The lowest BCUT2D eigenvalue weighted by Crippen LogP contribution is -2.01. The predicted molar refractivity (Wildman–Crippen MR) is 47.8 cm³/mol. The second-order valence-electron chi connectivity index (χ2n) is 2.75. The van der Waals surface area contributed by atoms with Crippen LogP contribution in [-0.4, -0.2) is 13.0 Å². The van der Waals surface area contributed by atoms with Crippen molar-refractivity contribution in [1.82, 2.24) is 5.73 Å². The fraction of sp³-hybridized carbons (Fsp3) is 0.250. The van der Waals surface area contributed by atoms with Crippen molar-refractivity contribution in [2.45, 2.75) is 18.4 Å². The quantitative estimate of drug-likeness (QED) is 0.724. The maximum Gasteiger partial charge on any atom is 0.294 e. The Bertz CT molecular complexity index is 411. The Kier molecular flexibility index (Phi) is 2.70. The molecular weight excluding hydrogens is 190 g/mol. The molecule has 0 unspecified atom stereocenters. The molecule has 13 heavy (non-hydrogen) atoms. The molecule has 4 nitrogen and oxygen atoms in total. The molecule has 0 spiro atoms. The number of benzene rings is 1. The molecule has 1 rings (SSSR count). The summed E-state index contributed by atoms with van der Waals surface area (Å²) in [7, 11) is -4.12. The van der Waals surface area contributed by atoms with Crippen LogP contribution in [0, 0.1) is 6.92 Å². The van der Waals surface area contributed by atoms with E-state index in [0.29, 0.717) is 5.56 Å². The molecule has 5 heteroatoms. The van der Waals surface area contributed by atoms with Gasteiger partial charge in [-0.3, -0.25) is 10.3 Å². The average molecular weight is 200 g/mol. The number of hydrogen-bond donors (Lipinski definition) is 1. The summed E-state index contributed by atoms with van der Waals surface area (Å²) in [6.45, 7) is 1.69. The van der Waals surface area contributed by atoms with Crippen LogP contribution in [0.25, 0.3) is 0 Å². The van der Waals surface area contributed by atoms with Crippen molar-refractivity contribution >= 4 is 10.1 Å². The summed E-state index contributed by atoms with van der Waals surface area (Å²) in [4.78, 5) is -0.0929. The molecule has 1 radical (unpaired) electrons. The van der Waals surface area contributed by atoms with E-state index in [4.69, 9.17) is 10.3 Å². The van der Waals surface area contributed by atoms with E-state index in [1.54, 1.807) is 13.0 Å². The standard InChI is InChI=1S/C8H10NO3S/c1-6-4-7(5-9)2-3-8(6)13(10,11)12/h2-4,9H,5H2,1H3,(H,10,11,12). The van der Waals surface area contributed by atoms with E-state index in [1.165, 1.54) is 12.1 Å². The Balaban J connectivity index is 3.29. The summed E-state index contributed by atoms with van der Waals surface area (Å²) < 4.78 is 30.3. The van der Waals surface area contributed by atoms with Crippen LogP contribution in [0.4, 0.5) is 0 Å². The van der Waals surface area contributed by atoms with Gasteiger partial charge in [0.05, 0.1) is 4.90 Å². The van der Waals surface area contributed by atoms with Gasteiger partial charge in [0.2, 0.25) is 0 Å². The van der Waals surface area contributed by atoms with Gasteiger partial charge in [-0.25, -0.2) is 0 Å². The van der Waals surface area contributed by atoms with E-state index in [2.05, 4.69) is 0 Å². The lowest BCUT2D eigenvalue weighted by Gasteiger charge is -2.03. The fourth-order valence-electron chi connectivity index (χ4n) is 1.11. The Morgan fingerprint density at radius 1 is 1.46 bits per heavy atom. The first-order valence-electron chi connectivity index (χ1n) is 3.67. The van der Waals surface area contributed by atoms with Crippen LogP contribution >= 0.6 is 0 Å².